The highest BCUT2D eigenvalue weighted by Crippen LogP contribution is 2.21. The predicted molar refractivity (Wildman–Crippen MR) is 71.6 cm³/mol. The van der Waals surface area contributed by atoms with Crippen molar-refractivity contribution in [3.63, 3.8) is 0 Å². The molecule has 2 rings (SSSR count). The largest absolute Gasteiger partial charge is 0.485 e. The van der Waals surface area contributed by atoms with Crippen LogP contribution in [0.4, 0.5) is 0 Å². The zero-order valence-electron chi connectivity index (χ0n) is 11.1. The average Bonchev–Trinajstić information content (AvgIpc) is 2.71. The van der Waals surface area contributed by atoms with Crippen molar-refractivity contribution in [1.29, 1.82) is 0 Å². The summed E-state index contributed by atoms with van der Waals surface area (Å²) >= 11 is 0. The summed E-state index contributed by atoms with van der Waals surface area (Å²) in [4.78, 5) is 0. The monoisotopic (exact) mass is 245 g/mol. The Labute approximate surface area is 108 Å². The lowest BCUT2D eigenvalue weighted by molar-refractivity contribution is 0.264. The topological polar surface area (TPSA) is 48.4 Å². The van der Waals surface area contributed by atoms with E-state index in [-0.39, 0.29) is 0 Å². The number of furan rings is 1. The molecule has 1 aromatic carbocycles. The van der Waals surface area contributed by atoms with E-state index in [1.807, 2.05) is 26.0 Å². The number of hydrogen-bond acceptors (Lipinski definition) is 3. The molecule has 0 aliphatic carbocycles. The Morgan fingerprint density at radius 2 is 1.89 bits per heavy atom. The van der Waals surface area contributed by atoms with Crippen LogP contribution < -0.4 is 10.5 Å². The maximum Gasteiger partial charge on any atom is 0.146 e. The van der Waals surface area contributed by atoms with Crippen LogP contribution in [-0.2, 0) is 13.2 Å². The number of rotatable bonds is 4. The molecular formula is C15H19NO2. The zero-order valence-corrected chi connectivity index (χ0v) is 11.1. The SMILES string of the molecule is Cc1ccc(C)c(OCc2cc(C)c(CN)o2)c1. The fourth-order valence-corrected chi connectivity index (χ4v) is 1.88. The zero-order chi connectivity index (χ0) is 13.1. The molecule has 0 unspecified atom stereocenters. The predicted octanol–water partition coefficient (Wildman–Crippen LogP) is 3.24. The van der Waals surface area contributed by atoms with Crippen molar-refractivity contribution in [3.05, 3.63) is 52.5 Å². The van der Waals surface area contributed by atoms with Crippen LogP contribution in [0.2, 0.25) is 0 Å². The highest BCUT2D eigenvalue weighted by atomic mass is 16.5. The molecule has 2 aromatic rings. The van der Waals surface area contributed by atoms with E-state index in [0.717, 1.165) is 28.4 Å². The van der Waals surface area contributed by atoms with Crippen LogP contribution in [0.1, 0.15) is 28.2 Å². The number of ether oxygens (including phenoxy) is 1. The molecule has 0 bridgehead atoms. The van der Waals surface area contributed by atoms with E-state index in [9.17, 15) is 0 Å². The quantitative estimate of drug-likeness (QED) is 0.899. The second-order valence-electron chi connectivity index (χ2n) is 4.58. The second kappa shape index (κ2) is 5.27. The molecule has 0 aliphatic heterocycles. The lowest BCUT2D eigenvalue weighted by atomic mass is 10.1. The third kappa shape index (κ3) is 2.74. The van der Waals surface area contributed by atoms with Gasteiger partial charge in [0, 0.05) is 0 Å². The van der Waals surface area contributed by atoms with E-state index in [1.54, 1.807) is 0 Å². The molecule has 18 heavy (non-hydrogen) atoms. The Morgan fingerprint density at radius 1 is 1.11 bits per heavy atom. The van der Waals surface area contributed by atoms with Gasteiger partial charge in [-0.25, -0.2) is 0 Å². The first-order valence-electron chi connectivity index (χ1n) is 6.08. The van der Waals surface area contributed by atoms with Gasteiger partial charge in [0.05, 0.1) is 6.54 Å². The summed E-state index contributed by atoms with van der Waals surface area (Å²) in [5, 5.41) is 0. The summed E-state index contributed by atoms with van der Waals surface area (Å²) in [6.07, 6.45) is 0. The van der Waals surface area contributed by atoms with Crippen LogP contribution in [0.5, 0.6) is 5.75 Å². The molecular weight excluding hydrogens is 226 g/mol. The van der Waals surface area contributed by atoms with Gasteiger partial charge < -0.3 is 14.9 Å². The Kier molecular flexibility index (Phi) is 3.72. The van der Waals surface area contributed by atoms with Crippen LogP contribution in [0, 0.1) is 20.8 Å². The number of hydrogen-bond donors (Lipinski definition) is 1. The van der Waals surface area contributed by atoms with Gasteiger partial charge in [-0.15, -0.1) is 0 Å². The van der Waals surface area contributed by atoms with Gasteiger partial charge >= 0.3 is 0 Å². The van der Waals surface area contributed by atoms with Crippen LogP contribution in [0.15, 0.2) is 28.7 Å². The number of aryl methyl sites for hydroxylation is 3. The van der Waals surface area contributed by atoms with Crippen molar-refractivity contribution in [1.82, 2.24) is 0 Å². The summed E-state index contributed by atoms with van der Waals surface area (Å²) in [6, 6.07) is 8.15. The van der Waals surface area contributed by atoms with Crippen molar-refractivity contribution in [2.45, 2.75) is 33.9 Å². The van der Waals surface area contributed by atoms with Crippen molar-refractivity contribution < 1.29 is 9.15 Å². The lowest BCUT2D eigenvalue weighted by Crippen LogP contribution is -1.97. The molecule has 0 fully saturated rings. The van der Waals surface area contributed by atoms with Gasteiger partial charge in [-0.1, -0.05) is 12.1 Å². The van der Waals surface area contributed by atoms with Gasteiger partial charge in [0.2, 0.25) is 0 Å². The minimum atomic E-state index is 0.426. The van der Waals surface area contributed by atoms with Crippen LogP contribution in [-0.4, -0.2) is 0 Å². The first-order valence-corrected chi connectivity index (χ1v) is 6.08. The van der Waals surface area contributed by atoms with Gasteiger partial charge in [0.1, 0.15) is 23.9 Å². The molecule has 0 radical (unpaired) electrons. The Hall–Kier alpha value is -1.74. The molecule has 0 spiro atoms. The summed E-state index contributed by atoms with van der Waals surface area (Å²) < 4.78 is 11.4. The summed E-state index contributed by atoms with van der Waals surface area (Å²) in [5.41, 5.74) is 8.98. The van der Waals surface area contributed by atoms with E-state index in [0.29, 0.717) is 13.2 Å². The van der Waals surface area contributed by atoms with Crippen LogP contribution in [0.25, 0.3) is 0 Å². The molecule has 0 saturated heterocycles. The van der Waals surface area contributed by atoms with Gasteiger partial charge in [-0.05, 0) is 49.6 Å². The Bertz CT molecular complexity index is 543. The van der Waals surface area contributed by atoms with Crippen molar-refractivity contribution in [2.24, 2.45) is 5.73 Å². The molecule has 0 amide bonds. The summed E-state index contributed by atoms with van der Waals surface area (Å²) in [7, 11) is 0. The highest BCUT2D eigenvalue weighted by Gasteiger charge is 2.07. The molecule has 0 atom stereocenters. The standard InChI is InChI=1S/C15H19NO2/c1-10-4-5-11(2)14(6-10)17-9-13-7-12(3)15(8-16)18-13/h4-7H,8-9,16H2,1-3H3. The first-order chi connectivity index (χ1) is 8.60. The highest BCUT2D eigenvalue weighted by molar-refractivity contribution is 5.36. The summed E-state index contributed by atoms with van der Waals surface area (Å²) in [5.74, 6) is 2.54. The minimum absolute atomic E-state index is 0.426. The van der Waals surface area contributed by atoms with Crippen molar-refractivity contribution >= 4 is 0 Å². The Morgan fingerprint density at radius 3 is 2.56 bits per heavy atom. The third-order valence-corrected chi connectivity index (χ3v) is 2.97. The summed E-state index contributed by atoms with van der Waals surface area (Å²) in [6.45, 7) is 6.94. The Balaban J connectivity index is 2.08. The van der Waals surface area contributed by atoms with Gasteiger partial charge in [-0.3, -0.25) is 0 Å². The van der Waals surface area contributed by atoms with E-state index < -0.39 is 0 Å². The molecule has 1 aromatic heterocycles. The molecule has 2 N–H and O–H groups in total. The van der Waals surface area contributed by atoms with Crippen LogP contribution in [0.3, 0.4) is 0 Å². The van der Waals surface area contributed by atoms with Gasteiger partial charge in [-0.2, -0.15) is 0 Å². The molecule has 3 nitrogen and oxygen atoms in total. The molecule has 1 heterocycles. The number of benzene rings is 1. The van der Waals surface area contributed by atoms with Gasteiger partial charge in [0.25, 0.3) is 0 Å². The van der Waals surface area contributed by atoms with Crippen molar-refractivity contribution in [2.75, 3.05) is 0 Å². The van der Waals surface area contributed by atoms with E-state index in [1.165, 1.54) is 5.56 Å². The maximum atomic E-state index is 5.78. The average molecular weight is 245 g/mol. The van der Waals surface area contributed by atoms with Crippen molar-refractivity contribution in [3.8, 4) is 5.75 Å². The fourth-order valence-electron chi connectivity index (χ4n) is 1.88. The molecule has 96 valence electrons. The van der Waals surface area contributed by atoms with E-state index >= 15 is 0 Å². The normalized spacial score (nSPS) is 10.7. The molecule has 0 aliphatic rings. The molecule has 0 saturated carbocycles. The number of nitrogens with two attached hydrogens (primary N) is 1. The van der Waals surface area contributed by atoms with Gasteiger partial charge in [0.15, 0.2) is 0 Å². The minimum Gasteiger partial charge on any atom is -0.485 e. The fraction of sp³-hybridized carbons (Fsp3) is 0.333. The molecule has 3 heteroatoms. The second-order valence-corrected chi connectivity index (χ2v) is 4.58. The smallest absolute Gasteiger partial charge is 0.146 e. The van der Waals surface area contributed by atoms with Crippen LogP contribution >= 0.6 is 0 Å². The first kappa shape index (κ1) is 12.7. The maximum absolute atomic E-state index is 5.78. The third-order valence-electron chi connectivity index (χ3n) is 2.97. The van der Waals surface area contributed by atoms with E-state index in [4.69, 9.17) is 14.9 Å². The van der Waals surface area contributed by atoms with E-state index in [2.05, 4.69) is 19.1 Å². The lowest BCUT2D eigenvalue weighted by Gasteiger charge is -2.08.